The van der Waals surface area contributed by atoms with Gasteiger partial charge in [-0.2, -0.15) is 0 Å². The van der Waals surface area contributed by atoms with Crippen LogP contribution in [0.15, 0.2) is 21.6 Å². The summed E-state index contributed by atoms with van der Waals surface area (Å²) >= 11 is 3.53. The van der Waals surface area contributed by atoms with Crippen molar-refractivity contribution in [1.82, 2.24) is 4.90 Å². The van der Waals surface area contributed by atoms with Crippen LogP contribution in [0.5, 0.6) is 5.75 Å². The molecule has 3 atom stereocenters. The summed E-state index contributed by atoms with van der Waals surface area (Å²) in [7, 11) is 2.89. The van der Waals surface area contributed by atoms with Crippen molar-refractivity contribution in [1.29, 1.82) is 0 Å². The molecular formula is C23H31BrN2O7. The molecule has 2 aliphatic rings. The molecule has 1 saturated heterocycles. The van der Waals surface area contributed by atoms with E-state index in [-0.39, 0.29) is 12.6 Å². The number of aliphatic imine (C=N–C) groups is 1. The smallest absolute Gasteiger partial charge is 0.411 e. The highest BCUT2D eigenvalue weighted by Gasteiger charge is 2.44. The monoisotopic (exact) mass is 526 g/mol. The number of carbonyl (C=O) groups is 2. The number of nitrogens with zero attached hydrogens (tertiary/aromatic N) is 2. The Labute approximate surface area is 202 Å². The van der Waals surface area contributed by atoms with Crippen molar-refractivity contribution >= 4 is 39.6 Å². The van der Waals surface area contributed by atoms with E-state index in [0.29, 0.717) is 36.8 Å². The van der Waals surface area contributed by atoms with E-state index in [9.17, 15) is 9.59 Å². The zero-order chi connectivity index (χ0) is 24.3. The van der Waals surface area contributed by atoms with E-state index in [4.69, 9.17) is 23.7 Å². The molecule has 10 heteroatoms. The van der Waals surface area contributed by atoms with Crippen LogP contribution in [0.4, 0.5) is 10.5 Å². The number of hydrogen-bond acceptors (Lipinski definition) is 8. The molecule has 1 aromatic rings. The second kappa shape index (κ2) is 10.3. The van der Waals surface area contributed by atoms with Gasteiger partial charge in [-0.1, -0.05) is 0 Å². The second-order valence-corrected chi connectivity index (χ2v) is 9.70. The summed E-state index contributed by atoms with van der Waals surface area (Å²) < 4.78 is 28.7. The Morgan fingerprint density at radius 2 is 1.97 bits per heavy atom. The summed E-state index contributed by atoms with van der Waals surface area (Å²) in [6.07, 6.45) is -0.608. The Balaban J connectivity index is 1.84. The van der Waals surface area contributed by atoms with Crippen LogP contribution in [-0.4, -0.2) is 68.0 Å². The lowest BCUT2D eigenvalue weighted by Gasteiger charge is -2.28. The number of methoxy groups -OCH3 is 2. The van der Waals surface area contributed by atoms with Gasteiger partial charge in [0.2, 0.25) is 0 Å². The molecule has 0 aromatic heterocycles. The zero-order valence-electron chi connectivity index (χ0n) is 19.8. The van der Waals surface area contributed by atoms with Gasteiger partial charge in [0.25, 0.3) is 0 Å². The minimum absolute atomic E-state index is 0.207. The molecule has 1 aromatic carbocycles. The largest absolute Gasteiger partial charge is 0.495 e. The van der Waals surface area contributed by atoms with E-state index in [1.165, 1.54) is 12.0 Å². The molecule has 9 nitrogen and oxygen atoms in total. The number of rotatable bonds is 5. The molecule has 1 fully saturated rings. The van der Waals surface area contributed by atoms with Crippen molar-refractivity contribution in [3.8, 4) is 5.75 Å². The lowest BCUT2D eigenvalue weighted by molar-refractivity contribution is -0.145. The normalized spacial score (nSPS) is 22.3. The molecule has 0 N–H and O–H groups in total. The van der Waals surface area contributed by atoms with Crippen LogP contribution in [0.1, 0.15) is 52.2 Å². The van der Waals surface area contributed by atoms with Gasteiger partial charge in [-0.05, 0) is 49.7 Å². The van der Waals surface area contributed by atoms with E-state index in [2.05, 4.69) is 20.9 Å². The fraction of sp³-hybridized carbons (Fsp3) is 0.609. The summed E-state index contributed by atoms with van der Waals surface area (Å²) in [6.45, 7) is 7.92. The van der Waals surface area contributed by atoms with Crippen LogP contribution < -0.4 is 4.74 Å². The highest BCUT2D eigenvalue weighted by atomic mass is 79.9. The van der Waals surface area contributed by atoms with Gasteiger partial charge in [0.15, 0.2) is 5.90 Å². The predicted molar refractivity (Wildman–Crippen MR) is 125 cm³/mol. The van der Waals surface area contributed by atoms with E-state index < -0.39 is 29.8 Å². The third kappa shape index (κ3) is 5.97. The fourth-order valence-electron chi connectivity index (χ4n) is 3.91. The summed E-state index contributed by atoms with van der Waals surface area (Å²) in [6, 6.07) is 2.97. The van der Waals surface area contributed by atoms with Crippen molar-refractivity contribution in [3.63, 3.8) is 0 Å². The number of esters is 1. The Morgan fingerprint density at radius 3 is 2.58 bits per heavy atom. The second-order valence-electron chi connectivity index (χ2n) is 8.84. The van der Waals surface area contributed by atoms with Gasteiger partial charge in [0.1, 0.15) is 17.4 Å². The maximum atomic E-state index is 12.8. The van der Waals surface area contributed by atoms with Gasteiger partial charge >= 0.3 is 12.1 Å². The first-order valence-corrected chi connectivity index (χ1v) is 11.7. The Morgan fingerprint density at radius 1 is 1.24 bits per heavy atom. The molecule has 0 aliphatic carbocycles. The van der Waals surface area contributed by atoms with Crippen molar-refractivity contribution in [2.75, 3.05) is 27.4 Å². The van der Waals surface area contributed by atoms with Gasteiger partial charge in [0.05, 0.1) is 56.2 Å². The summed E-state index contributed by atoms with van der Waals surface area (Å²) in [5.74, 6) is 0.711. The SMILES string of the molecule is CCOC1=Nc2cc(OC)c(Br)cc2C(O[C@@H]2C[C@@H](C(=O)OC)N(C(=O)OC(C)(C)C)C2)C1. The fourth-order valence-corrected chi connectivity index (χ4v) is 4.43. The summed E-state index contributed by atoms with van der Waals surface area (Å²) in [4.78, 5) is 31.1. The van der Waals surface area contributed by atoms with E-state index in [0.717, 1.165) is 10.0 Å². The first-order valence-electron chi connectivity index (χ1n) is 10.9. The number of fused-ring (bicyclic) bond motifs is 1. The molecular weight excluding hydrogens is 496 g/mol. The predicted octanol–water partition coefficient (Wildman–Crippen LogP) is 4.54. The highest BCUT2D eigenvalue weighted by molar-refractivity contribution is 9.10. The minimum Gasteiger partial charge on any atom is -0.495 e. The van der Waals surface area contributed by atoms with Gasteiger partial charge in [-0.15, -0.1) is 0 Å². The third-order valence-corrected chi connectivity index (χ3v) is 5.90. The first-order chi connectivity index (χ1) is 15.6. The lowest BCUT2D eigenvalue weighted by Crippen LogP contribution is -2.44. The molecule has 0 radical (unpaired) electrons. The van der Waals surface area contributed by atoms with Crippen LogP contribution in [0, 0.1) is 0 Å². The maximum absolute atomic E-state index is 12.8. The first kappa shape index (κ1) is 25.3. The number of ether oxygens (including phenoxy) is 5. The minimum atomic E-state index is -0.777. The molecule has 1 unspecified atom stereocenters. The molecule has 2 heterocycles. The van der Waals surface area contributed by atoms with Crippen LogP contribution in [0.2, 0.25) is 0 Å². The number of benzene rings is 1. The number of halogens is 1. The van der Waals surface area contributed by atoms with Crippen molar-refractivity contribution in [2.45, 2.75) is 64.4 Å². The van der Waals surface area contributed by atoms with Gasteiger partial charge in [-0.25, -0.2) is 14.6 Å². The van der Waals surface area contributed by atoms with Crippen LogP contribution in [-0.2, 0) is 23.7 Å². The molecule has 1 amide bonds. The Hall–Kier alpha value is -2.33. The quantitative estimate of drug-likeness (QED) is 0.519. The van der Waals surface area contributed by atoms with Crippen molar-refractivity contribution in [2.24, 2.45) is 4.99 Å². The number of likely N-dealkylation sites (tertiary alicyclic amines) is 1. The number of hydrogen-bond donors (Lipinski definition) is 0. The number of carbonyl (C=O) groups excluding carboxylic acids is 2. The molecule has 2 aliphatic heterocycles. The summed E-state index contributed by atoms with van der Waals surface area (Å²) in [5, 5.41) is 0. The lowest BCUT2D eigenvalue weighted by atomic mass is 10.0. The van der Waals surface area contributed by atoms with Gasteiger partial charge in [0, 0.05) is 18.1 Å². The number of amides is 1. The van der Waals surface area contributed by atoms with Crippen LogP contribution in [0.3, 0.4) is 0 Å². The van der Waals surface area contributed by atoms with Crippen LogP contribution in [0.25, 0.3) is 0 Å². The van der Waals surface area contributed by atoms with E-state index >= 15 is 0 Å². The standard InChI is InChI=1S/C23H31BrN2O7/c1-7-31-20-11-18(14-9-15(24)19(29-5)10-16(14)25-20)32-13-8-17(21(27)30-6)26(12-13)22(28)33-23(2,3)4/h9-10,13,17-18H,7-8,11-12H2,1-6H3/t13-,17+,18?/m1/s1. The molecule has 0 bridgehead atoms. The topological polar surface area (TPSA) is 95.9 Å². The van der Waals surface area contributed by atoms with Crippen molar-refractivity contribution < 1.29 is 33.3 Å². The average Bonchev–Trinajstić information content (AvgIpc) is 3.16. The maximum Gasteiger partial charge on any atom is 0.411 e. The van der Waals surface area contributed by atoms with Crippen molar-refractivity contribution in [3.05, 3.63) is 22.2 Å². The molecule has 3 rings (SSSR count). The van der Waals surface area contributed by atoms with Gasteiger partial charge < -0.3 is 23.7 Å². The van der Waals surface area contributed by atoms with Crippen LogP contribution >= 0.6 is 15.9 Å². The summed E-state index contributed by atoms with van der Waals surface area (Å²) in [5.41, 5.74) is 0.880. The van der Waals surface area contributed by atoms with Gasteiger partial charge in [-0.3, -0.25) is 4.90 Å². The Kier molecular flexibility index (Phi) is 7.89. The molecule has 33 heavy (non-hydrogen) atoms. The third-order valence-electron chi connectivity index (χ3n) is 5.28. The average molecular weight is 527 g/mol. The molecule has 0 spiro atoms. The van der Waals surface area contributed by atoms with E-state index in [1.807, 2.05) is 19.1 Å². The van der Waals surface area contributed by atoms with E-state index in [1.54, 1.807) is 27.9 Å². The molecule has 0 saturated carbocycles. The molecule has 182 valence electrons. The highest BCUT2D eigenvalue weighted by Crippen LogP contribution is 2.43. The Bertz CT molecular complexity index is 928. The zero-order valence-corrected chi connectivity index (χ0v) is 21.4.